The zero-order chi connectivity index (χ0) is 17.2. The lowest BCUT2D eigenvalue weighted by Crippen LogP contribution is -2.09. The van der Waals surface area contributed by atoms with Crippen LogP contribution in [0.3, 0.4) is 0 Å². The molecule has 0 aliphatic rings. The second kappa shape index (κ2) is 6.28. The molecule has 0 amide bonds. The highest BCUT2D eigenvalue weighted by molar-refractivity contribution is 6.09. The molecule has 2 aromatic carbocycles. The van der Waals surface area contributed by atoms with Crippen LogP contribution in [0, 0.1) is 0 Å². The zero-order valence-corrected chi connectivity index (χ0v) is 13.7. The van der Waals surface area contributed by atoms with E-state index in [1.165, 1.54) is 7.11 Å². The normalized spacial score (nSPS) is 10.9. The molecule has 5 heteroatoms. The number of ether oxygens (including phenoxy) is 1. The van der Waals surface area contributed by atoms with Crippen LogP contribution in [0.15, 0.2) is 60.7 Å². The summed E-state index contributed by atoms with van der Waals surface area (Å²) in [5.41, 5.74) is 4.03. The Labute approximate surface area is 144 Å². The molecule has 0 saturated heterocycles. The monoisotopic (exact) mass is 331 g/mol. The van der Waals surface area contributed by atoms with Gasteiger partial charge in [0.25, 0.3) is 0 Å². The highest BCUT2D eigenvalue weighted by atomic mass is 16.5. The number of para-hydroxylation sites is 2. The van der Waals surface area contributed by atoms with Gasteiger partial charge in [0.05, 0.1) is 24.9 Å². The van der Waals surface area contributed by atoms with Crippen LogP contribution in [0.25, 0.3) is 21.8 Å². The standard InChI is InChI=1S/C20H17N3O2/c1-25-20(24)17-11-15-14-9-5-6-10-16(14)23-19(15)18(22-17)12-21-13-7-3-2-4-8-13/h2-11,21,23H,12H2,1H3. The maximum Gasteiger partial charge on any atom is 0.356 e. The number of hydrogen-bond donors (Lipinski definition) is 2. The molecular formula is C20H17N3O2. The lowest BCUT2D eigenvalue weighted by molar-refractivity contribution is 0.0594. The first-order valence-corrected chi connectivity index (χ1v) is 8.04. The zero-order valence-electron chi connectivity index (χ0n) is 13.7. The molecule has 5 nitrogen and oxygen atoms in total. The quantitative estimate of drug-likeness (QED) is 0.552. The summed E-state index contributed by atoms with van der Waals surface area (Å²) in [5, 5.41) is 5.38. The molecule has 0 spiro atoms. The average Bonchev–Trinajstić information content (AvgIpc) is 3.05. The van der Waals surface area contributed by atoms with Crippen molar-refractivity contribution in [3.8, 4) is 0 Å². The lowest BCUT2D eigenvalue weighted by Gasteiger charge is -2.08. The van der Waals surface area contributed by atoms with E-state index in [2.05, 4.69) is 15.3 Å². The fourth-order valence-corrected chi connectivity index (χ4v) is 2.99. The molecule has 0 aliphatic heterocycles. The molecule has 0 bridgehead atoms. The Morgan fingerprint density at radius 2 is 1.84 bits per heavy atom. The number of pyridine rings is 1. The number of nitrogens with one attached hydrogen (secondary N) is 2. The largest absolute Gasteiger partial charge is 0.464 e. The molecule has 2 aromatic heterocycles. The number of hydrogen-bond acceptors (Lipinski definition) is 4. The van der Waals surface area contributed by atoms with Gasteiger partial charge in [-0.05, 0) is 24.3 Å². The van der Waals surface area contributed by atoms with Gasteiger partial charge >= 0.3 is 5.97 Å². The van der Waals surface area contributed by atoms with E-state index in [0.717, 1.165) is 33.2 Å². The molecule has 4 aromatic rings. The van der Waals surface area contributed by atoms with E-state index in [9.17, 15) is 4.79 Å². The van der Waals surface area contributed by atoms with Gasteiger partial charge in [0, 0.05) is 22.0 Å². The Balaban J connectivity index is 1.84. The number of H-pyrrole nitrogens is 1. The average molecular weight is 331 g/mol. The molecule has 25 heavy (non-hydrogen) atoms. The van der Waals surface area contributed by atoms with Crippen molar-refractivity contribution >= 4 is 33.5 Å². The van der Waals surface area contributed by atoms with Gasteiger partial charge in [0.15, 0.2) is 0 Å². The van der Waals surface area contributed by atoms with Gasteiger partial charge < -0.3 is 15.0 Å². The van der Waals surface area contributed by atoms with Gasteiger partial charge in [-0.1, -0.05) is 36.4 Å². The van der Waals surface area contributed by atoms with E-state index in [-0.39, 0.29) is 0 Å². The summed E-state index contributed by atoms with van der Waals surface area (Å²) in [6.45, 7) is 0.498. The highest BCUT2D eigenvalue weighted by Gasteiger charge is 2.15. The first kappa shape index (κ1) is 15.2. The number of rotatable bonds is 4. The number of fused-ring (bicyclic) bond motifs is 3. The molecule has 4 rings (SSSR count). The third-order valence-corrected chi connectivity index (χ3v) is 4.20. The van der Waals surface area contributed by atoms with Crippen LogP contribution in [-0.2, 0) is 11.3 Å². The minimum atomic E-state index is -0.437. The van der Waals surface area contributed by atoms with Gasteiger partial charge in [0.2, 0.25) is 0 Å². The Morgan fingerprint density at radius 3 is 2.64 bits per heavy atom. The Kier molecular flexibility index (Phi) is 3.82. The van der Waals surface area contributed by atoms with Crippen LogP contribution >= 0.6 is 0 Å². The number of carbonyl (C=O) groups is 1. The summed E-state index contributed by atoms with van der Waals surface area (Å²) in [4.78, 5) is 20.0. The third kappa shape index (κ3) is 2.80. The number of benzene rings is 2. The van der Waals surface area contributed by atoms with Crippen LogP contribution in [0.5, 0.6) is 0 Å². The third-order valence-electron chi connectivity index (χ3n) is 4.20. The minimum Gasteiger partial charge on any atom is -0.464 e. The maximum atomic E-state index is 12.0. The summed E-state index contributed by atoms with van der Waals surface area (Å²) in [6.07, 6.45) is 0. The van der Waals surface area contributed by atoms with Crippen molar-refractivity contribution in [2.24, 2.45) is 0 Å². The lowest BCUT2D eigenvalue weighted by atomic mass is 10.1. The van der Waals surface area contributed by atoms with Crippen molar-refractivity contribution in [3.05, 3.63) is 72.1 Å². The van der Waals surface area contributed by atoms with Gasteiger partial charge in [0.1, 0.15) is 5.69 Å². The van der Waals surface area contributed by atoms with Crippen LogP contribution in [-0.4, -0.2) is 23.0 Å². The summed E-state index contributed by atoms with van der Waals surface area (Å²) >= 11 is 0. The fourth-order valence-electron chi connectivity index (χ4n) is 2.99. The smallest absolute Gasteiger partial charge is 0.356 e. The number of anilines is 1. The van der Waals surface area contributed by atoms with Gasteiger partial charge in [-0.2, -0.15) is 0 Å². The second-order valence-corrected chi connectivity index (χ2v) is 5.76. The number of esters is 1. The van der Waals surface area contributed by atoms with Crippen molar-refractivity contribution in [3.63, 3.8) is 0 Å². The van der Waals surface area contributed by atoms with Gasteiger partial charge in [-0.25, -0.2) is 9.78 Å². The molecule has 0 unspecified atom stereocenters. The van der Waals surface area contributed by atoms with Crippen molar-refractivity contribution in [2.45, 2.75) is 6.54 Å². The van der Waals surface area contributed by atoms with Crippen LogP contribution in [0.1, 0.15) is 16.2 Å². The number of nitrogens with zero attached hydrogens (tertiary/aromatic N) is 1. The summed E-state index contributed by atoms with van der Waals surface area (Å²) < 4.78 is 4.86. The molecule has 2 N–H and O–H groups in total. The van der Waals surface area contributed by atoms with Crippen molar-refractivity contribution in [2.75, 3.05) is 12.4 Å². The minimum absolute atomic E-state index is 0.310. The molecule has 0 radical (unpaired) electrons. The maximum absolute atomic E-state index is 12.0. The van der Waals surface area contributed by atoms with E-state index < -0.39 is 5.97 Å². The fraction of sp³-hybridized carbons (Fsp3) is 0.100. The van der Waals surface area contributed by atoms with Crippen LogP contribution in [0.4, 0.5) is 5.69 Å². The summed E-state index contributed by atoms with van der Waals surface area (Å²) in [7, 11) is 1.37. The number of aromatic amines is 1. The van der Waals surface area contributed by atoms with Crippen molar-refractivity contribution in [1.82, 2.24) is 9.97 Å². The van der Waals surface area contributed by atoms with Crippen molar-refractivity contribution < 1.29 is 9.53 Å². The first-order chi connectivity index (χ1) is 12.3. The van der Waals surface area contributed by atoms with Crippen LogP contribution in [0.2, 0.25) is 0 Å². The Hall–Kier alpha value is -3.34. The van der Waals surface area contributed by atoms with Crippen LogP contribution < -0.4 is 5.32 Å². The van der Waals surface area contributed by atoms with Gasteiger partial charge in [-0.3, -0.25) is 0 Å². The van der Waals surface area contributed by atoms with E-state index in [4.69, 9.17) is 4.74 Å². The number of carbonyl (C=O) groups excluding carboxylic acids is 1. The van der Waals surface area contributed by atoms with Crippen molar-refractivity contribution in [1.29, 1.82) is 0 Å². The molecule has 0 atom stereocenters. The Bertz CT molecular complexity index is 1050. The first-order valence-electron chi connectivity index (χ1n) is 8.04. The molecule has 0 saturated carbocycles. The molecule has 0 aliphatic carbocycles. The number of methoxy groups -OCH3 is 1. The topological polar surface area (TPSA) is 67.0 Å². The second-order valence-electron chi connectivity index (χ2n) is 5.76. The predicted molar refractivity (Wildman–Crippen MR) is 98.7 cm³/mol. The Morgan fingerprint density at radius 1 is 1.08 bits per heavy atom. The van der Waals surface area contributed by atoms with E-state index in [1.807, 2.05) is 54.6 Å². The summed E-state index contributed by atoms with van der Waals surface area (Å²) in [6, 6.07) is 19.7. The molecular weight excluding hydrogens is 314 g/mol. The van der Waals surface area contributed by atoms with E-state index in [0.29, 0.717) is 12.2 Å². The number of aromatic nitrogens is 2. The predicted octanol–water partition coefficient (Wildman–Crippen LogP) is 4.11. The molecule has 124 valence electrons. The molecule has 0 fully saturated rings. The summed E-state index contributed by atoms with van der Waals surface area (Å²) in [5.74, 6) is -0.437. The highest BCUT2D eigenvalue weighted by Crippen LogP contribution is 2.28. The SMILES string of the molecule is COC(=O)c1cc2c([nH]c3ccccc32)c(CNc2ccccc2)n1. The molecule has 2 heterocycles. The van der Waals surface area contributed by atoms with E-state index in [1.54, 1.807) is 6.07 Å². The van der Waals surface area contributed by atoms with Gasteiger partial charge in [-0.15, -0.1) is 0 Å². The van der Waals surface area contributed by atoms with E-state index >= 15 is 0 Å².